The van der Waals surface area contributed by atoms with Gasteiger partial charge >= 0.3 is 0 Å². The monoisotopic (exact) mass is 427 g/mol. The molecule has 3 aliphatic rings. The van der Waals surface area contributed by atoms with Crippen LogP contribution in [0.1, 0.15) is 5.56 Å². The molecular weight excluding hydrogens is 406 g/mol. The van der Waals surface area contributed by atoms with Gasteiger partial charge in [0.25, 0.3) is 0 Å². The Bertz CT molecular complexity index is 1450. The van der Waals surface area contributed by atoms with Crippen LogP contribution in [0.2, 0.25) is 0 Å². The summed E-state index contributed by atoms with van der Waals surface area (Å²) in [6.07, 6.45) is 8.70. The normalized spacial score (nSPS) is 19.9. The molecule has 158 valence electrons. The highest BCUT2D eigenvalue weighted by atomic mass is 15.4. The van der Waals surface area contributed by atoms with Crippen LogP contribution in [-0.4, -0.2) is 26.8 Å². The number of hydrogen-bond acceptors (Lipinski definition) is 4. The number of aromatic nitrogens is 3. The van der Waals surface area contributed by atoms with Crippen molar-refractivity contribution < 1.29 is 0 Å². The molecule has 0 saturated heterocycles. The van der Waals surface area contributed by atoms with E-state index in [4.69, 9.17) is 10.2 Å². The Morgan fingerprint density at radius 2 is 1.52 bits per heavy atom. The SMILES string of the molecule is C1=CC2=CC=C3c4ccccc4N(c4nnc(-c5ccccc5)n4-c4ccccc4)C3C2N1. The first kappa shape index (κ1) is 18.2. The number of nitrogens with zero attached hydrogens (tertiary/aromatic N) is 4. The van der Waals surface area contributed by atoms with Crippen molar-refractivity contribution in [3.63, 3.8) is 0 Å². The maximum atomic E-state index is 4.80. The fourth-order valence-electron chi connectivity index (χ4n) is 5.21. The van der Waals surface area contributed by atoms with Gasteiger partial charge in [0.15, 0.2) is 5.82 Å². The van der Waals surface area contributed by atoms with E-state index in [0.29, 0.717) is 0 Å². The third-order valence-electron chi connectivity index (χ3n) is 6.66. The fourth-order valence-corrected chi connectivity index (χ4v) is 5.21. The zero-order valence-electron chi connectivity index (χ0n) is 17.8. The van der Waals surface area contributed by atoms with Crippen molar-refractivity contribution in [3.8, 4) is 17.1 Å². The zero-order chi connectivity index (χ0) is 21.8. The molecule has 1 aromatic heterocycles. The topological polar surface area (TPSA) is 46.0 Å². The molecule has 1 aliphatic carbocycles. The molecule has 0 fully saturated rings. The fraction of sp³-hybridized carbons (Fsp3) is 0.0714. The van der Waals surface area contributed by atoms with Crippen LogP contribution in [0.4, 0.5) is 11.6 Å². The summed E-state index contributed by atoms with van der Waals surface area (Å²) >= 11 is 0. The molecule has 3 aromatic carbocycles. The van der Waals surface area contributed by atoms with Crippen molar-refractivity contribution >= 4 is 17.2 Å². The summed E-state index contributed by atoms with van der Waals surface area (Å²) in [7, 11) is 0. The van der Waals surface area contributed by atoms with E-state index in [1.54, 1.807) is 0 Å². The number of benzene rings is 3. The van der Waals surface area contributed by atoms with Gasteiger partial charge in [-0.3, -0.25) is 9.47 Å². The van der Waals surface area contributed by atoms with Gasteiger partial charge < -0.3 is 5.32 Å². The van der Waals surface area contributed by atoms with E-state index in [-0.39, 0.29) is 12.1 Å². The van der Waals surface area contributed by atoms with Crippen LogP contribution in [0.25, 0.3) is 22.6 Å². The summed E-state index contributed by atoms with van der Waals surface area (Å²) in [4.78, 5) is 2.35. The summed E-state index contributed by atoms with van der Waals surface area (Å²) in [6, 6.07) is 29.5. The molecule has 4 aromatic rings. The maximum Gasteiger partial charge on any atom is 0.237 e. The van der Waals surface area contributed by atoms with Crippen molar-refractivity contribution in [2.75, 3.05) is 4.90 Å². The third kappa shape index (κ3) is 2.66. The summed E-state index contributed by atoms with van der Waals surface area (Å²) in [5.74, 6) is 1.65. The van der Waals surface area contributed by atoms with E-state index in [1.165, 1.54) is 16.7 Å². The van der Waals surface area contributed by atoms with Gasteiger partial charge in [-0.25, -0.2) is 0 Å². The molecule has 3 heterocycles. The summed E-state index contributed by atoms with van der Waals surface area (Å²) < 4.78 is 2.18. The lowest BCUT2D eigenvalue weighted by Gasteiger charge is -2.34. The van der Waals surface area contributed by atoms with E-state index in [1.807, 2.05) is 30.5 Å². The summed E-state index contributed by atoms with van der Waals surface area (Å²) in [6.45, 7) is 0. The Morgan fingerprint density at radius 3 is 2.36 bits per heavy atom. The molecule has 5 heteroatoms. The van der Waals surface area contributed by atoms with Gasteiger partial charge in [0.1, 0.15) is 0 Å². The number of rotatable bonds is 3. The second-order valence-corrected chi connectivity index (χ2v) is 8.46. The van der Waals surface area contributed by atoms with Gasteiger partial charge in [0.05, 0.1) is 23.5 Å². The van der Waals surface area contributed by atoms with Gasteiger partial charge in [-0.1, -0.05) is 78.9 Å². The van der Waals surface area contributed by atoms with E-state index >= 15 is 0 Å². The first-order valence-electron chi connectivity index (χ1n) is 11.2. The average molecular weight is 428 g/mol. The number of fused-ring (bicyclic) bond motifs is 5. The van der Waals surface area contributed by atoms with Crippen LogP contribution < -0.4 is 10.2 Å². The van der Waals surface area contributed by atoms with Crippen molar-refractivity contribution in [1.82, 2.24) is 20.1 Å². The molecular formula is C28H21N5. The molecule has 0 radical (unpaired) electrons. The predicted molar refractivity (Wildman–Crippen MR) is 131 cm³/mol. The Hall–Kier alpha value is -4.38. The van der Waals surface area contributed by atoms with Crippen LogP contribution >= 0.6 is 0 Å². The lowest BCUT2D eigenvalue weighted by Crippen LogP contribution is -2.45. The molecule has 0 spiro atoms. The minimum absolute atomic E-state index is 0.0904. The number of nitrogens with one attached hydrogen (secondary N) is 1. The summed E-state index contributed by atoms with van der Waals surface area (Å²) in [5, 5.41) is 13.1. The van der Waals surface area contributed by atoms with E-state index < -0.39 is 0 Å². The minimum atomic E-state index is 0.0904. The highest BCUT2D eigenvalue weighted by Gasteiger charge is 2.45. The molecule has 2 atom stereocenters. The standard InChI is InChI=1S/C28H21N5/c1-3-9-20(10-4-1)27-30-31-28(32(27)21-11-5-2-6-12-21)33-24-14-8-7-13-22(24)23-16-15-19-17-18-29-25(19)26(23)33/h1-18,25-26,29H. The molecule has 1 N–H and O–H groups in total. The second-order valence-electron chi connectivity index (χ2n) is 8.46. The highest BCUT2D eigenvalue weighted by molar-refractivity contribution is 5.94. The Balaban J connectivity index is 1.48. The molecule has 33 heavy (non-hydrogen) atoms. The number of para-hydroxylation sites is 2. The van der Waals surface area contributed by atoms with Crippen LogP contribution in [0.3, 0.4) is 0 Å². The van der Waals surface area contributed by atoms with E-state index in [9.17, 15) is 0 Å². The number of anilines is 2. The largest absolute Gasteiger partial charge is 0.382 e. The molecule has 2 aliphatic heterocycles. The van der Waals surface area contributed by atoms with Gasteiger partial charge in [-0.2, -0.15) is 0 Å². The molecule has 0 bridgehead atoms. The Labute approximate surface area is 192 Å². The van der Waals surface area contributed by atoms with Crippen molar-refractivity contribution in [2.45, 2.75) is 12.1 Å². The van der Waals surface area contributed by atoms with Crippen LogP contribution in [0, 0.1) is 0 Å². The van der Waals surface area contributed by atoms with Gasteiger partial charge in [-0.05, 0) is 41.6 Å². The average Bonchev–Trinajstić information content (AvgIpc) is 3.60. The lowest BCUT2D eigenvalue weighted by molar-refractivity contribution is 0.621. The quantitative estimate of drug-likeness (QED) is 0.484. The van der Waals surface area contributed by atoms with E-state index in [2.05, 4.69) is 93.7 Å². The first-order chi connectivity index (χ1) is 16.4. The van der Waals surface area contributed by atoms with Gasteiger partial charge in [-0.15, -0.1) is 10.2 Å². The maximum absolute atomic E-state index is 4.80. The van der Waals surface area contributed by atoms with Crippen molar-refractivity contribution in [1.29, 1.82) is 0 Å². The highest BCUT2D eigenvalue weighted by Crippen LogP contribution is 2.49. The number of allylic oxidation sites excluding steroid dienone is 2. The van der Waals surface area contributed by atoms with Crippen molar-refractivity contribution in [2.24, 2.45) is 0 Å². The smallest absolute Gasteiger partial charge is 0.237 e. The molecule has 2 unspecified atom stereocenters. The Morgan fingerprint density at radius 1 is 0.758 bits per heavy atom. The molecule has 0 amide bonds. The predicted octanol–water partition coefficient (Wildman–Crippen LogP) is 5.26. The molecule has 7 rings (SSSR count). The van der Waals surface area contributed by atoms with Gasteiger partial charge in [0.2, 0.25) is 5.95 Å². The van der Waals surface area contributed by atoms with Crippen LogP contribution in [0.15, 0.2) is 115 Å². The second kappa shape index (κ2) is 7.07. The lowest BCUT2D eigenvalue weighted by atomic mass is 9.88. The zero-order valence-corrected chi connectivity index (χ0v) is 17.8. The minimum Gasteiger partial charge on any atom is -0.382 e. The number of hydrogen-bond donors (Lipinski definition) is 1. The Kier molecular flexibility index (Phi) is 3.90. The van der Waals surface area contributed by atoms with E-state index in [0.717, 1.165) is 28.7 Å². The molecule has 0 saturated carbocycles. The van der Waals surface area contributed by atoms with Crippen LogP contribution in [-0.2, 0) is 0 Å². The molecule has 5 nitrogen and oxygen atoms in total. The third-order valence-corrected chi connectivity index (χ3v) is 6.66. The first-order valence-corrected chi connectivity index (χ1v) is 11.2. The van der Waals surface area contributed by atoms with Crippen LogP contribution in [0.5, 0.6) is 0 Å². The van der Waals surface area contributed by atoms with Crippen molar-refractivity contribution in [3.05, 3.63) is 120 Å². The summed E-state index contributed by atoms with van der Waals surface area (Å²) in [5.41, 5.74) is 7.07. The van der Waals surface area contributed by atoms with Gasteiger partial charge in [0, 0.05) is 11.1 Å².